The maximum absolute atomic E-state index is 12.3. The Morgan fingerprint density at radius 3 is 2.55 bits per heavy atom. The molecule has 1 heterocycles. The minimum atomic E-state index is -0.177. The van der Waals surface area contributed by atoms with Crippen LogP contribution in [0.5, 0.6) is 0 Å². The molecule has 0 N–H and O–H groups in total. The molecule has 0 bridgehead atoms. The van der Waals surface area contributed by atoms with Gasteiger partial charge in [0.2, 0.25) is 0 Å². The first kappa shape index (κ1) is 15.1. The lowest BCUT2D eigenvalue weighted by atomic mass is 10.2. The fourth-order valence-corrected chi connectivity index (χ4v) is 2.26. The number of benzene rings is 1. The van der Waals surface area contributed by atoms with Crippen LogP contribution >= 0.6 is 34.8 Å². The van der Waals surface area contributed by atoms with Crippen molar-refractivity contribution in [3.63, 3.8) is 0 Å². The Balaban J connectivity index is 2.15. The number of hydrogen-bond donors (Lipinski definition) is 0. The van der Waals surface area contributed by atoms with Gasteiger partial charge in [-0.25, -0.2) is 0 Å². The number of hydrogen-bond acceptors (Lipinski definition) is 2. The van der Waals surface area contributed by atoms with Crippen molar-refractivity contribution in [2.24, 2.45) is 0 Å². The molecule has 6 heteroatoms. The fraction of sp³-hybridized carbons (Fsp3) is 0.143. The third-order valence-electron chi connectivity index (χ3n) is 2.75. The molecule has 2 aromatic rings. The minimum Gasteiger partial charge on any atom is -0.337 e. The molecule has 0 aliphatic carbocycles. The molecule has 1 aromatic heterocycles. The van der Waals surface area contributed by atoms with E-state index in [1.807, 2.05) is 6.07 Å². The number of aromatic nitrogens is 1. The topological polar surface area (TPSA) is 33.2 Å². The molecule has 0 aliphatic rings. The highest BCUT2D eigenvalue weighted by Gasteiger charge is 2.15. The highest BCUT2D eigenvalue weighted by atomic mass is 35.5. The number of carbonyl (C=O) groups is 1. The van der Waals surface area contributed by atoms with Crippen LogP contribution in [0.4, 0.5) is 0 Å². The Kier molecular flexibility index (Phi) is 4.86. The van der Waals surface area contributed by atoms with Crippen LogP contribution in [0.3, 0.4) is 0 Å². The first-order valence-electron chi connectivity index (χ1n) is 5.78. The van der Waals surface area contributed by atoms with Crippen LogP contribution in [0, 0.1) is 0 Å². The van der Waals surface area contributed by atoms with Gasteiger partial charge in [-0.15, -0.1) is 0 Å². The SMILES string of the molecule is CN(Cc1ccc(Cl)c(Cl)c1)C(=O)c1ccncc1Cl. The minimum absolute atomic E-state index is 0.177. The van der Waals surface area contributed by atoms with Gasteiger partial charge in [0.25, 0.3) is 5.91 Å². The number of rotatable bonds is 3. The van der Waals surface area contributed by atoms with Gasteiger partial charge in [0.05, 0.1) is 20.6 Å². The van der Waals surface area contributed by atoms with E-state index in [1.165, 1.54) is 12.4 Å². The lowest BCUT2D eigenvalue weighted by Gasteiger charge is -2.18. The summed E-state index contributed by atoms with van der Waals surface area (Å²) in [5.41, 5.74) is 1.31. The zero-order valence-corrected chi connectivity index (χ0v) is 12.9. The predicted octanol–water partition coefficient (Wildman–Crippen LogP) is 4.31. The number of pyridine rings is 1. The molecular weight excluding hydrogens is 319 g/mol. The highest BCUT2D eigenvalue weighted by Crippen LogP contribution is 2.23. The van der Waals surface area contributed by atoms with Crippen molar-refractivity contribution in [1.82, 2.24) is 9.88 Å². The summed E-state index contributed by atoms with van der Waals surface area (Å²) in [6, 6.07) is 6.86. The maximum atomic E-state index is 12.3. The third kappa shape index (κ3) is 3.42. The van der Waals surface area contributed by atoms with E-state index >= 15 is 0 Å². The van der Waals surface area contributed by atoms with Gasteiger partial charge >= 0.3 is 0 Å². The van der Waals surface area contributed by atoms with Crippen molar-refractivity contribution in [1.29, 1.82) is 0 Å². The smallest absolute Gasteiger partial charge is 0.255 e. The Morgan fingerprint density at radius 2 is 1.90 bits per heavy atom. The van der Waals surface area contributed by atoms with Gasteiger partial charge in [0.1, 0.15) is 0 Å². The quantitative estimate of drug-likeness (QED) is 0.840. The molecule has 104 valence electrons. The molecule has 0 atom stereocenters. The van der Waals surface area contributed by atoms with Crippen molar-refractivity contribution in [3.8, 4) is 0 Å². The van der Waals surface area contributed by atoms with Gasteiger partial charge in [0.15, 0.2) is 0 Å². The summed E-state index contributed by atoms with van der Waals surface area (Å²) in [6.45, 7) is 0.411. The maximum Gasteiger partial charge on any atom is 0.255 e. The molecule has 0 unspecified atom stereocenters. The summed E-state index contributed by atoms with van der Waals surface area (Å²) in [5.74, 6) is -0.177. The van der Waals surface area contributed by atoms with Crippen LogP contribution in [0.1, 0.15) is 15.9 Å². The van der Waals surface area contributed by atoms with Gasteiger partial charge < -0.3 is 4.90 Å². The lowest BCUT2D eigenvalue weighted by Crippen LogP contribution is -2.26. The monoisotopic (exact) mass is 328 g/mol. The third-order valence-corrected chi connectivity index (χ3v) is 3.79. The second-order valence-electron chi connectivity index (χ2n) is 4.27. The molecule has 0 fully saturated rings. The fourth-order valence-electron chi connectivity index (χ4n) is 1.74. The normalized spacial score (nSPS) is 10.4. The predicted molar refractivity (Wildman–Crippen MR) is 81.5 cm³/mol. The van der Waals surface area contributed by atoms with Gasteiger partial charge in [-0.2, -0.15) is 0 Å². The average molecular weight is 330 g/mol. The first-order chi connectivity index (χ1) is 9.49. The van der Waals surface area contributed by atoms with E-state index in [-0.39, 0.29) is 5.91 Å². The number of carbonyl (C=O) groups excluding carboxylic acids is 1. The molecule has 1 aromatic carbocycles. The number of nitrogens with zero attached hydrogens (tertiary/aromatic N) is 2. The lowest BCUT2D eigenvalue weighted by molar-refractivity contribution is 0.0785. The summed E-state index contributed by atoms with van der Waals surface area (Å²) in [6.07, 6.45) is 2.98. The molecule has 0 radical (unpaired) electrons. The molecule has 20 heavy (non-hydrogen) atoms. The van der Waals surface area contributed by atoms with Crippen molar-refractivity contribution in [3.05, 3.63) is 62.9 Å². The van der Waals surface area contributed by atoms with Crippen LogP contribution in [0.15, 0.2) is 36.7 Å². The summed E-state index contributed by atoms with van der Waals surface area (Å²) in [4.78, 5) is 17.7. The average Bonchev–Trinajstić information content (AvgIpc) is 2.42. The number of halogens is 3. The second kappa shape index (κ2) is 6.44. The van der Waals surface area contributed by atoms with Gasteiger partial charge in [0, 0.05) is 26.0 Å². The zero-order valence-electron chi connectivity index (χ0n) is 10.6. The summed E-state index contributed by atoms with van der Waals surface area (Å²) in [5, 5.41) is 1.28. The summed E-state index contributed by atoms with van der Waals surface area (Å²) < 4.78 is 0. The van der Waals surface area contributed by atoms with Crippen molar-refractivity contribution >= 4 is 40.7 Å². The van der Waals surface area contributed by atoms with Gasteiger partial charge in [-0.05, 0) is 23.8 Å². The van der Waals surface area contributed by atoms with Crippen molar-refractivity contribution < 1.29 is 4.79 Å². The van der Waals surface area contributed by atoms with Crippen molar-refractivity contribution in [2.45, 2.75) is 6.54 Å². The standard InChI is InChI=1S/C14H11Cl3N2O/c1-19(8-9-2-3-11(15)12(16)6-9)14(20)10-4-5-18-7-13(10)17/h2-7H,8H2,1H3. The molecule has 0 saturated heterocycles. The Hall–Kier alpha value is -1.29. The molecular formula is C14H11Cl3N2O. The van der Waals surface area contributed by atoms with Crippen LogP contribution in [0.25, 0.3) is 0 Å². The van der Waals surface area contributed by atoms with Crippen LogP contribution in [0.2, 0.25) is 15.1 Å². The Bertz CT molecular complexity index is 646. The summed E-state index contributed by atoms with van der Waals surface area (Å²) >= 11 is 17.8. The van der Waals surface area contributed by atoms with Crippen molar-refractivity contribution in [2.75, 3.05) is 7.05 Å². The highest BCUT2D eigenvalue weighted by molar-refractivity contribution is 6.42. The van der Waals surface area contributed by atoms with Crippen LogP contribution in [-0.4, -0.2) is 22.8 Å². The molecule has 1 amide bonds. The second-order valence-corrected chi connectivity index (χ2v) is 5.49. The van der Waals surface area contributed by atoms with E-state index in [4.69, 9.17) is 34.8 Å². The van der Waals surface area contributed by atoms with Crippen LogP contribution in [-0.2, 0) is 6.54 Å². The van der Waals surface area contributed by atoms with E-state index in [2.05, 4.69) is 4.98 Å². The molecule has 0 aliphatic heterocycles. The van der Waals surface area contributed by atoms with E-state index in [1.54, 1.807) is 30.1 Å². The van der Waals surface area contributed by atoms with Gasteiger partial charge in [-0.1, -0.05) is 40.9 Å². The Labute approximate surface area is 132 Å². The van der Waals surface area contributed by atoms with E-state index in [0.717, 1.165) is 5.56 Å². The number of amides is 1. The molecule has 3 nitrogen and oxygen atoms in total. The molecule has 2 rings (SSSR count). The van der Waals surface area contributed by atoms with E-state index in [9.17, 15) is 4.79 Å². The van der Waals surface area contributed by atoms with Crippen LogP contribution < -0.4 is 0 Å². The molecule has 0 spiro atoms. The van der Waals surface area contributed by atoms with Gasteiger partial charge in [-0.3, -0.25) is 9.78 Å². The largest absolute Gasteiger partial charge is 0.337 e. The zero-order chi connectivity index (χ0) is 14.7. The van der Waals surface area contributed by atoms with E-state index in [0.29, 0.717) is 27.2 Å². The molecule has 0 saturated carbocycles. The summed E-state index contributed by atoms with van der Waals surface area (Å²) in [7, 11) is 1.70. The van der Waals surface area contributed by atoms with E-state index < -0.39 is 0 Å². The Morgan fingerprint density at radius 1 is 1.15 bits per heavy atom. The first-order valence-corrected chi connectivity index (χ1v) is 6.91.